The molecule has 1 aromatic carbocycles. The number of rotatable bonds is 5. The van der Waals surface area contributed by atoms with Gasteiger partial charge in [-0.15, -0.1) is 11.3 Å². The van der Waals surface area contributed by atoms with E-state index in [0.717, 1.165) is 36.8 Å². The molecule has 1 aliphatic rings. The predicted octanol–water partition coefficient (Wildman–Crippen LogP) is 5.81. The number of hydrogen-bond donors (Lipinski definition) is 1. The number of hydrogen-bond acceptors (Lipinski definition) is 3. The molecule has 27 heavy (non-hydrogen) atoms. The van der Waals surface area contributed by atoms with Gasteiger partial charge in [-0.2, -0.15) is 5.26 Å². The number of nitrogens with one attached hydrogen (secondary N) is 1. The molecular weight excluding hydrogens is 352 g/mol. The average Bonchev–Trinajstić information content (AvgIpc) is 3.03. The minimum absolute atomic E-state index is 0.195. The van der Waals surface area contributed by atoms with Gasteiger partial charge in [0.05, 0.1) is 5.56 Å². The van der Waals surface area contributed by atoms with E-state index < -0.39 is 0 Å². The van der Waals surface area contributed by atoms with E-state index in [1.165, 1.54) is 11.0 Å². The van der Waals surface area contributed by atoms with Gasteiger partial charge in [-0.3, -0.25) is 4.79 Å². The Morgan fingerprint density at radius 3 is 2.78 bits per heavy atom. The molecule has 140 valence electrons. The van der Waals surface area contributed by atoms with Crippen molar-refractivity contribution in [1.29, 1.82) is 5.26 Å². The van der Waals surface area contributed by atoms with Gasteiger partial charge < -0.3 is 5.32 Å². The second-order valence-electron chi connectivity index (χ2n) is 7.83. The van der Waals surface area contributed by atoms with Crippen LogP contribution in [-0.2, 0) is 17.6 Å². The molecule has 0 saturated heterocycles. The van der Waals surface area contributed by atoms with E-state index >= 15 is 0 Å². The number of anilines is 1. The Morgan fingerprint density at radius 1 is 1.37 bits per heavy atom. The van der Waals surface area contributed by atoms with Gasteiger partial charge in [0.2, 0.25) is 5.91 Å². The monoisotopic (exact) mass is 378 g/mol. The normalized spacial score (nSPS) is 16.7. The molecule has 0 unspecified atom stereocenters. The predicted molar refractivity (Wildman–Crippen MR) is 113 cm³/mol. The zero-order valence-electron chi connectivity index (χ0n) is 16.2. The van der Waals surface area contributed by atoms with Crippen LogP contribution < -0.4 is 5.32 Å². The fourth-order valence-corrected chi connectivity index (χ4v) is 4.92. The van der Waals surface area contributed by atoms with Gasteiger partial charge in [0.1, 0.15) is 11.1 Å². The van der Waals surface area contributed by atoms with Crippen LogP contribution in [0.1, 0.15) is 55.2 Å². The van der Waals surface area contributed by atoms with Gasteiger partial charge in [0.25, 0.3) is 0 Å². The molecule has 0 aliphatic heterocycles. The van der Waals surface area contributed by atoms with Crippen LogP contribution in [-0.4, -0.2) is 5.91 Å². The lowest BCUT2D eigenvalue weighted by molar-refractivity contribution is -0.111. The third kappa shape index (κ3) is 4.31. The van der Waals surface area contributed by atoms with Crippen LogP contribution in [0.5, 0.6) is 0 Å². The lowest BCUT2D eigenvalue weighted by Gasteiger charge is -2.36. The van der Waals surface area contributed by atoms with Crippen molar-refractivity contribution in [3.05, 3.63) is 58.0 Å². The van der Waals surface area contributed by atoms with Crippen molar-refractivity contribution < 1.29 is 4.79 Å². The quantitative estimate of drug-likeness (QED) is 0.667. The first kappa shape index (κ1) is 19.4. The molecule has 0 fully saturated rings. The average molecular weight is 379 g/mol. The van der Waals surface area contributed by atoms with E-state index in [1.807, 2.05) is 30.3 Å². The summed E-state index contributed by atoms with van der Waals surface area (Å²) in [5, 5.41) is 13.3. The Hall–Kier alpha value is -2.38. The summed E-state index contributed by atoms with van der Waals surface area (Å²) in [5.74, 6) is 0.432. The van der Waals surface area contributed by atoms with Crippen molar-refractivity contribution in [2.24, 2.45) is 11.3 Å². The van der Waals surface area contributed by atoms with E-state index in [-0.39, 0.29) is 5.91 Å². The van der Waals surface area contributed by atoms with Crippen molar-refractivity contribution >= 4 is 28.3 Å². The maximum atomic E-state index is 12.3. The third-order valence-corrected chi connectivity index (χ3v) is 7.03. The standard InChI is InChI=1S/C23H26N2OS/c1-4-23(2,3)17-11-12-18-19(15-24)22(27-20(18)14-17)25-21(26)13-10-16-8-6-5-7-9-16/h5-10,13,17H,4,11-12,14H2,1-3H3,(H,25,26)/b13-10+/t17-/m0/s1. The summed E-state index contributed by atoms with van der Waals surface area (Å²) in [6, 6.07) is 12.0. The topological polar surface area (TPSA) is 52.9 Å². The Bertz CT molecular complexity index is 887. The van der Waals surface area contributed by atoms with Gasteiger partial charge in [-0.25, -0.2) is 0 Å². The van der Waals surface area contributed by atoms with Crippen LogP contribution in [0.4, 0.5) is 5.00 Å². The van der Waals surface area contributed by atoms with E-state index in [2.05, 4.69) is 32.2 Å². The minimum Gasteiger partial charge on any atom is -0.313 e. The van der Waals surface area contributed by atoms with Crippen LogP contribution in [0.25, 0.3) is 6.08 Å². The Morgan fingerprint density at radius 2 is 2.11 bits per heavy atom. The summed E-state index contributed by atoms with van der Waals surface area (Å²) in [6.45, 7) is 6.91. The summed E-state index contributed by atoms with van der Waals surface area (Å²) in [4.78, 5) is 13.6. The van der Waals surface area contributed by atoms with Crippen LogP contribution in [0, 0.1) is 22.7 Å². The number of nitrogens with zero attached hydrogens (tertiary/aromatic N) is 1. The van der Waals surface area contributed by atoms with Crippen LogP contribution >= 0.6 is 11.3 Å². The largest absolute Gasteiger partial charge is 0.313 e. The lowest BCUT2D eigenvalue weighted by atomic mass is 9.69. The Labute approximate surface area is 165 Å². The summed E-state index contributed by atoms with van der Waals surface area (Å²) >= 11 is 1.58. The van der Waals surface area contributed by atoms with Crippen molar-refractivity contribution in [2.45, 2.75) is 46.5 Å². The fourth-order valence-electron chi connectivity index (χ4n) is 3.64. The lowest BCUT2D eigenvalue weighted by Crippen LogP contribution is -2.28. The fraction of sp³-hybridized carbons (Fsp3) is 0.391. The number of nitriles is 1. The van der Waals surface area contributed by atoms with Gasteiger partial charge in [-0.05, 0) is 47.8 Å². The summed E-state index contributed by atoms with van der Waals surface area (Å²) in [5.41, 5.74) is 3.08. The zero-order valence-corrected chi connectivity index (χ0v) is 17.0. The Balaban J connectivity index is 1.77. The highest BCUT2D eigenvalue weighted by Crippen LogP contribution is 2.45. The maximum Gasteiger partial charge on any atom is 0.249 e. The molecule has 1 amide bonds. The molecule has 1 aliphatic carbocycles. The summed E-state index contributed by atoms with van der Waals surface area (Å²) in [7, 11) is 0. The van der Waals surface area contributed by atoms with Gasteiger partial charge >= 0.3 is 0 Å². The molecule has 1 heterocycles. The number of fused-ring (bicyclic) bond motifs is 1. The number of carbonyl (C=O) groups is 1. The Kier molecular flexibility index (Phi) is 5.82. The number of carbonyl (C=O) groups excluding carboxylic acids is 1. The first-order chi connectivity index (χ1) is 12.9. The third-order valence-electron chi connectivity index (χ3n) is 5.86. The maximum absolute atomic E-state index is 12.3. The number of thiophene rings is 1. The van der Waals surface area contributed by atoms with Crippen molar-refractivity contribution in [1.82, 2.24) is 0 Å². The highest BCUT2D eigenvalue weighted by atomic mass is 32.1. The van der Waals surface area contributed by atoms with E-state index in [0.29, 0.717) is 21.9 Å². The van der Waals surface area contributed by atoms with Crippen molar-refractivity contribution in [2.75, 3.05) is 5.32 Å². The highest BCUT2D eigenvalue weighted by molar-refractivity contribution is 7.16. The molecule has 2 aromatic rings. The van der Waals surface area contributed by atoms with E-state index in [1.54, 1.807) is 17.4 Å². The van der Waals surface area contributed by atoms with Crippen LogP contribution in [0.15, 0.2) is 36.4 Å². The zero-order chi connectivity index (χ0) is 19.4. The molecule has 0 bridgehead atoms. The first-order valence-electron chi connectivity index (χ1n) is 9.53. The number of benzene rings is 1. The van der Waals surface area contributed by atoms with Gasteiger partial charge in [0, 0.05) is 11.0 Å². The van der Waals surface area contributed by atoms with Gasteiger partial charge in [0.15, 0.2) is 0 Å². The molecule has 0 radical (unpaired) electrons. The molecular formula is C23H26N2OS. The second-order valence-corrected chi connectivity index (χ2v) is 8.94. The molecule has 3 rings (SSSR count). The van der Waals surface area contributed by atoms with Crippen molar-refractivity contribution in [3.63, 3.8) is 0 Å². The van der Waals surface area contributed by atoms with Gasteiger partial charge in [-0.1, -0.05) is 57.5 Å². The molecule has 1 aromatic heterocycles. The number of amides is 1. The highest BCUT2D eigenvalue weighted by Gasteiger charge is 2.33. The molecule has 4 heteroatoms. The van der Waals surface area contributed by atoms with Crippen LogP contribution in [0.2, 0.25) is 0 Å². The molecule has 3 nitrogen and oxygen atoms in total. The summed E-state index contributed by atoms with van der Waals surface area (Å²) < 4.78 is 0. The minimum atomic E-state index is -0.195. The molecule has 0 saturated carbocycles. The molecule has 1 atom stereocenters. The second kappa shape index (κ2) is 8.10. The molecule has 1 N–H and O–H groups in total. The first-order valence-corrected chi connectivity index (χ1v) is 10.3. The molecule has 0 spiro atoms. The van der Waals surface area contributed by atoms with E-state index in [4.69, 9.17) is 0 Å². The van der Waals surface area contributed by atoms with Crippen LogP contribution in [0.3, 0.4) is 0 Å². The van der Waals surface area contributed by atoms with Crippen molar-refractivity contribution in [3.8, 4) is 6.07 Å². The smallest absolute Gasteiger partial charge is 0.249 e. The summed E-state index contributed by atoms with van der Waals surface area (Å²) in [6.07, 6.45) is 7.51. The SMILES string of the molecule is CCC(C)(C)[C@H]1CCc2c(sc(NC(=O)/C=C/c3ccccc3)c2C#N)C1. The van der Waals surface area contributed by atoms with E-state index in [9.17, 15) is 10.1 Å².